The van der Waals surface area contributed by atoms with Gasteiger partial charge >= 0.3 is 0 Å². The molecule has 0 aliphatic rings. The highest BCUT2D eigenvalue weighted by Gasteiger charge is 2.11. The van der Waals surface area contributed by atoms with E-state index in [1.165, 1.54) is 0 Å². The predicted molar refractivity (Wildman–Crippen MR) is 101 cm³/mol. The molecule has 5 nitrogen and oxygen atoms in total. The van der Waals surface area contributed by atoms with Gasteiger partial charge in [0.2, 0.25) is 0 Å². The zero-order valence-corrected chi connectivity index (χ0v) is 15.8. The summed E-state index contributed by atoms with van der Waals surface area (Å²) < 4.78 is 18.4. The summed E-state index contributed by atoms with van der Waals surface area (Å²) in [6.45, 7) is 0.387. The summed E-state index contributed by atoms with van der Waals surface area (Å²) in [4.78, 5) is 12.9. The third-order valence-electron chi connectivity index (χ3n) is 4.08. The molecule has 2 aromatic carbocycles. The van der Waals surface area contributed by atoms with Crippen molar-refractivity contribution in [3.8, 4) is 17.2 Å². The molecule has 0 N–H and O–H groups in total. The molecule has 6 heteroatoms. The number of aromatic nitrogens is 1. The van der Waals surface area contributed by atoms with E-state index in [1.807, 2.05) is 24.3 Å². The van der Waals surface area contributed by atoms with E-state index in [1.54, 1.807) is 44.2 Å². The molecule has 3 aromatic rings. The molecule has 0 aliphatic heterocycles. The van der Waals surface area contributed by atoms with Crippen LogP contribution < -0.4 is 19.8 Å². The Balaban J connectivity index is 2.10. The van der Waals surface area contributed by atoms with E-state index in [2.05, 4.69) is 15.9 Å². The highest BCUT2D eigenvalue weighted by atomic mass is 79.9. The number of methoxy groups -OCH3 is 3. The van der Waals surface area contributed by atoms with Gasteiger partial charge in [-0.15, -0.1) is 0 Å². The summed E-state index contributed by atoms with van der Waals surface area (Å²) in [7, 11) is 4.79. The molecular formula is C19H18BrNO4. The van der Waals surface area contributed by atoms with Crippen molar-refractivity contribution in [1.82, 2.24) is 4.57 Å². The number of nitrogens with zero attached hydrogens (tertiary/aromatic N) is 1. The molecule has 0 amide bonds. The minimum Gasteiger partial charge on any atom is -0.497 e. The summed E-state index contributed by atoms with van der Waals surface area (Å²) >= 11 is 3.55. The third-order valence-corrected chi connectivity index (χ3v) is 4.71. The lowest BCUT2D eigenvalue weighted by Crippen LogP contribution is -2.21. The van der Waals surface area contributed by atoms with Gasteiger partial charge < -0.3 is 18.8 Å². The van der Waals surface area contributed by atoms with Gasteiger partial charge in [-0.25, -0.2) is 0 Å². The highest BCUT2D eigenvalue weighted by Crippen LogP contribution is 2.27. The van der Waals surface area contributed by atoms with Gasteiger partial charge in [0.05, 0.1) is 33.3 Å². The van der Waals surface area contributed by atoms with Gasteiger partial charge in [0, 0.05) is 27.7 Å². The Hall–Kier alpha value is -2.47. The number of rotatable bonds is 5. The quantitative estimate of drug-likeness (QED) is 0.649. The number of ether oxygens (including phenoxy) is 3. The normalized spacial score (nSPS) is 10.7. The van der Waals surface area contributed by atoms with Crippen LogP contribution in [0.15, 0.2) is 51.9 Å². The van der Waals surface area contributed by atoms with E-state index >= 15 is 0 Å². The minimum atomic E-state index is -0.0880. The molecule has 0 unspecified atom stereocenters. The second-order valence-corrected chi connectivity index (χ2v) is 6.35. The fourth-order valence-electron chi connectivity index (χ4n) is 2.74. The van der Waals surface area contributed by atoms with Crippen molar-refractivity contribution in [1.29, 1.82) is 0 Å². The number of benzene rings is 2. The molecule has 0 bridgehead atoms. The molecule has 0 fully saturated rings. The first-order valence-corrected chi connectivity index (χ1v) is 8.44. The van der Waals surface area contributed by atoms with E-state index in [0.717, 1.165) is 15.4 Å². The first-order chi connectivity index (χ1) is 12.1. The maximum Gasteiger partial charge on any atom is 0.258 e. The van der Waals surface area contributed by atoms with Crippen LogP contribution in [0.3, 0.4) is 0 Å². The van der Waals surface area contributed by atoms with Crippen LogP contribution in [0.1, 0.15) is 5.56 Å². The molecule has 0 radical (unpaired) electrons. The summed E-state index contributed by atoms with van der Waals surface area (Å²) in [6.07, 6.45) is 1.79. The van der Waals surface area contributed by atoms with Gasteiger partial charge in [-0.3, -0.25) is 4.79 Å². The Morgan fingerprint density at radius 2 is 1.60 bits per heavy atom. The lowest BCUT2D eigenvalue weighted by molar-refractivity contribution is 0.390. The smallest absolute Gasteiger partial charge is 0.258 e. The largest absolute Gasteiger partial charge is 0.497 e. The molecule has 3 rings (SSSR count). The zero-order valence-electron chi connectivity index (χ0n) is 14.2. The lowest BCUT2D eigenvalue weighted by atomic mass is 10.1. The summed E-state index contributed by atoms with van der Waals surface area (Å²) in [5, 5.41) is 1.45. The zero-order chi connectivity index (χ0) is 18.0. The SMILES string of the molecule is COc1ccc(Cn2cc(Br)c3ccc(OC)cc3c2=O)c(OC)c1. The van der Waals surface area contributed by atoms with Crippen LogP contribution in [-0.4, -0.2) is 25.9 Å². The van der Waals surface area contributed by atoms with E-state index in [0.29, 0.717) is 29.2 Å². The average Bonchev–Trinajstić information content (AvgIpc) is 2.65. The molecule has 1 heterocycles. The number of hydrogen-bond donors (Lipinski definition) is 0. The molecule has 0 atom stereocenters. The van der Waals surface area contributed by atoms with Crippen LogP contribution in [0, 0.1) is 0 Å². The average molecular weight is 404 g/mol. The molecule has 0 saturated carbocycles. The highest BCUT2D eigenvalue weighted by molar-refractivity contribution is 9.10. The molecule has 0 saturated heterocycles. The summed E-state index contributed by atoms with van der Waals surface area (Å²) in [5.41, 5.74) is 0.800. The van der Waals surface area contributed by atoms with Crippen LogP contribution in [0.4, 0.5) is 0 Å². The van der Waals surface area contributed by atoms with Crippen molar-refractivity contribution in [2.24, 2.45) is 0 Å². The van der Waals surface area contributed by atoms with Crippen LogP contribution in [0.5, 0.6) is 17.2 Å². The van der Waals surface area contributed by atoms with Gasteiger partial charge in [-0.05, 0) is 46.3 Å². The van der Waals surface area contributed by atoms with Crippen LogP contribution in [0.2, 0.25) is 0 Å². The molecule has 25 heavy (non-hydrogen) atoms. The fourth-order valence-corrected chi connectivity index (χ4v) is 3.33. The minimum absolute atomic E-state index is 0.0880. The van der Waals surface area contributed by atoms with Crippen LogP contribution in [-0.2, 0) is 6.54 Å². The monoisotopic (exact) mass is 403 g/mol. The Labute approximate surface area is 153 Å². The number of pyridine rings is 1. The van der Waals surface area contributed by atoms with Gasteiger partial charge in [-0.1, -0.05) is 0 Å². The Morgan fingerprint density at radius 1 is 0.920 bits per heavy atom. The molecular weight excluding hydrogens is 386 g/mol. The van der Waals surface area contributed by atoms with Gasteiger partial charge in [0.25, 0.3) is 5.56 Å². The van der Waals surface area contributed by atoms with Crippen molar-refractivity contribution >= 4 is 26.7 Å². The summed E-state index contributed by atoms with van der Waals surface area (Å²) in [5.74, 6) is 2.03. The Bertz CT molecular complexity index is 981. The van der Waals surface area contributed by atoms with Gasteiger partial charge in [0.15, 0.2) is 0 Å². The topological polar surface area (TPSA) is 49.7 Å². The molecule has 130 valence electrons. The molecule has 0 spiro atoms. The van der Waals surface area contributed by atoms with E-state index in [9.17, 15) is 4.79 Å². The summed E-state index contributed by atoms with van der Waals surface area (Å²) in [6, 6.07) is 11.0. The maximum absolute atomic E-state index is 12.9. The molecule has 1 aromatic heterocycles. The van der Waals surface area contributed by atoms with Crippen molar-refractivity contribution in [3.05, 3.63) is 63.0 Å². The van der Waals surface area contributed by atoms with Crippen molar-refractivity contribution in [3.63, 3.8) is 0 Å². The molecule has 0 aliphatic carbocycles. The first kappa shape index (κ1) is 17.4. The lowest BCUT2D eigenvalue weighted by Gasteiger charge is -2.13. The second-order valence-electron chi connectivity index (χ2n) is 5.50. The van der Waals surface area contributed by atoms with Crippen molar-refractivity contribution in [2.75, 3.05) is 21.3 Å². The van der Waals surface area contributed by atoms with E-state index < -0.39 is 0 Å². The fraction of sp³-hybridized carbons (Fsp3) is 0.211. The second kappa shape index (κ2) is 7.19. The Kier molecular flexibility index (Phi) is 4.99. The van der Waals surface area contributed by atoms with Crippen molar-refractivity contribution in [2.45, 2.75) is 6.54 Å². The van der Waals surface area contributed by atoms with Crippen LogP contribution in [0.25, 0.3) is 10.8 Å². The predicted octanol–water partition coefficient (Wildman–Crippen LogP) is 3.84. The van der Waals surface area contributed by atoms with E-state index in [4.69, 9.17) is 14.2 Å². The third kappa shape index (κ3) is 3.35. The first-order valence-electron chi connectivity index (χ1n) is 7.65. The standard InChI is InChI=1S/C19H18BrNO4/c1-23-13-6-7-15-16(8-13)19(22)21(11-17(15)20)10-12-4-5-14(24-2)9-18(12)25-3/h4-9,11H,10H2,1-3H3. The Morgan fingerprint density at radius 3 is 2.28 bits per heavy atom. The van der Waals surface area contributed by atoms with Gasteiger partial charge in [-0.2, -0.15) is 0 Å². The number of fused-ring (bicyclic) bond motifs is 1. The van der Waals surface area contributed by atoms with Gasteiger partial charge in [0.1, 0.15) is 17.2 Å². The number of hydrogen-bond acceptors (Lipinski definition) is 4. The number of halogens is 1. The van der Waals surface area contributed by atoms with Crippen LogP contribution >= 0.6 is 15.9 Å². The maximum atomic E-state index is 12.9. The van der Waals surface area contributed by atoms with E-state index in [-0.39, 0.29) is 5.56 Å². The van der Waals surface area contributed by atoms with Crippen molar-refractivity contribution < 1.29 is 14.2 Å².